The van der Waals surface area contributed by atoms with Crippen LogP contribution in [0.2, 0.25) is 0 Å². The van der Waals surface area contributed by atoms with Gasteiger partial charge in [0.15, 0.2) is 0 Å². The molecule has 0 aliphatic carbocycles. The van der Waals surface area contributed by atoms with E-state index in [1.54, 1.807) is 12.1 Å². The Morgan fingerprint density at radius 2 is 1.75 bits per heavy atom. The van der Waals surface area contributed by atoms with Gasteiger partial charge in [0.25, 0.3) is 0 Å². The molecule has 0 N–H and O–H groups in total. The summed E-state index contributed by atoms with van der Waals surface area (Å²) in [6.45, 7) is 6.58. The molecule has 2 heterocycles. The molecule has 3 rings (SSSR count). The molecular formula is C18H21FN4O. The number of rotatable bonds is 3. The monoisotopic (exact) mass is 328 g/mol. The number of nitrogens with zero attached hydrogens (tertiary/aromatic N) is 4. The number of benzene rings is 1. The lowest BCUT2D eigenvalue weighted by Crippen LogP contribution is -2.49. The summed E-state index contributed by atoms with van der Waals surface area (Å²) in [5.74, 6) is 0.448. The first-order valence-corrected chi connectivity index (χ1v) is 8.11. The predicted octanol–water partition coefficient (Wildman–Crippen LogP) is 2.12. The van der Waals surface area contributed by atoms with E-state index in [9.17, 15) is 9.18 Å². The van der Waals surface area contributed by atoms with Gasteiger partial charge in [0.05, 0.1) is 6.42 Å². The molecule has 1 saturated heterocycles. The van der Waals surface area contributed by atoms with Crippen LogP contribution in [0.4, 0.5) is 10.3 Å². The predicted molar refractivity (Wildman–Crippen MR) is 90.4 cm³/mol. The van der Waals surface area contributed by atoms with Crippen molar-refractivity contribution in [1.29, 1.82) is 0 Å². The van der Waals surface area contributed by atoms with Crippen molar-refractivity contribution >= 4 is 11.9 Å². The highest BCUT2D eigenvalue weighted by atomic mass is 19.1. The smallest absolute Gasteiger partial charge is 0.227 e. The zero-order valence-corrected chi connectivity index (χ0v) is 14.0. The topological polar surface area (TPSA) is 49.3 Å². The Morgan fingerprint density at radius 3 is 2.38 bits per heavy atom. The number of carbonyl (C=O) groups is 1. The molecule has 1 amide bonds. The third-order valence-corrected chi connectivity index (χ3v) is 4.13. The number of anilines is 1. The lowest BCUT2D eigenvalue weighted by Gasteiger charge is -2.35. The fraction of sp³-hybridized carbons (Fsp3) is 0.389. The maximum Gasteiger partial charge on any atom is 0.227 e. The van der Waals surface area contributed by atoms with Crippen molar-refractivity contribution in [3.63, 3.8) is 0 Å². The normalized spacial score (nSPS) is 14.8. The first kappa shape index (κ1) is 16.4. The lowest BCUT2D eigenvalue weighted by molar-refractivity contribution is -0.130. The highest BCUT2D eigenvalue weighted by Gasteiger charge is 2.23. The number of amides is 1. The number of halogens is 1. The summed E-state index contributed by atoms with van der Waals surface area (Å²) in [6, 6.07) is 8.16. The van der Waals surface area contributed by atoms with Crippen LogP contribution < -0.4 is 4.90 Å². The summed E-state index contributed by atoms with van der Waals surface area (Å²) in [5.41, 5.74) is 2.60. The second-order valence-electron chi connectivity index (χ2n) is 6.13. The van der Waals surface area contributed by atoms with E-state index in [1.165, 1.54) is 12.1 Å². The Hall–Kier alpha value is -2.50. The molecule has 5 nitrogen and oxygen atoms in total. The quantitative estimate of drug-likeness (QED) is 0.866. The molecule has 6 heteroatoms. The molecule has 0 bridgehead atoms. The molecule has 1 aromatic heterocycles. The molecular weight excluding hydrogens is 307 g/mol. The highest BCUT2D eigenvalue weighted by Crippen LogP contribution is 2.14. The molecule has 1 aromatic carbocycles. The van der Waals surface area contributed by atoms with Crippen LogP contribution in [0.1, 0.15) is 17.0 Å². The van der Waals surface area contributed by atoms with E-state index in [0.29, 0.717) is 31.7 Å². The van der Waals surface area contributed by atoms with Gasteiger partial charge in [-0.1, -0.05) is 12.1 Å². The third-order valence-electron chi connectivity index (χ3n) is 4.13. The SMILES string of the molecule is Cc1cc(C)nc(N2CCN(C(=O)Cc3cccc(F)c3)CC2)n1. The Balaban J connectivity index is 1.59. The summed E-state index contributed by atoms with van der Waals surface area (Å²) in [7, 11) is 0. The average molecular weight is 328 g/mol. The van der Waals surface area contributed by atoms with Crippen LogP contribution in [0, 0.1) is 19.7 Å². The molecule has 126 valence electrons. The number of hydrogen-bond donors (Lipinski definition) is 0. The minimum absolute atomic E-state index is 0.0293. The van der Waals surface area contributed by atoms with Gasteiger partial charge in [0, 0.05) is 37.6 Å². The Labute approximate surface area is 141 Å². The fourth-order valence-corrected chi connectivity index (χ4v) is 2.94. The van der Waals surface area contributed by atoms with Crippen molar-refractivity contribution in [3.8, 4) is 0 Å². The number of hydrogen-bond acceptors (Lipinski definition) is 4. The van der Waals surface area contributed by atoms with E-state index in [0.717, 1.165) is 17.3 Å². The van der Waals surface area contributed by atoms with Crippen molar-refractivity contribution in [2.24, 2.45) is 0 Å². The zero-order valence-electron chi connectivity index (χ0n) is 14.0. The van der Waals surface area contributed by atoms with Gasteiger partial charge in [-0.3, -0.25) is 4.79 Å². The van der Waals surface area contributed by atoms with Gasteiger partial charge in [-0.15, -0.1) is 0 Å². The van der Waals surface area contributed by atoms with Gasteiger partial charge in [0.1, 0.15) is 5.82 Å². The van der Waals surface area contributed by atoms with E-state index in [4.69, 9.17) is 0 Å². The summed E-state index contributed by atoms with van der Waals surface area (Å²) in [6.07, 6.45) is 0.234. The molecule has 2 aromatic rings. The van der Waals surface area contributed by atoms with Crippen LogP contribution in [0.5, 0.6) is 0 Å². The van der Waals surface area contributed by atoms with Crippen LogP contribution in [0.25, 0.3) is 0 Å². The molecule has 24 heavy (non-hydrogen) atoms. The van der Waals surface area contributed by atoms with Crippen molar-refractivity contribution in [1.82, 2.24) is 14.9 Å². The summed E-state index contributed by atoms with van der Waals surface area (Å²) >= 11 is 0. The molecule has 0 radical (unpaired) electrons. The second-order valence-corrected chi connectivity index (χ2v) is 6.13. The molecule has 0 atom stereocenters. The number of aryl methyl sites for hydroxylation is 2. The zero-order chi connectivity index (χ0) is 17.1. The lowest BCUT2D eigenvalue weighted by atomic mass is 10.1. The third kappa shape index (κ3) is 3.88. The fourth-order valence-electron chi connectivity index (χ4n) is 2.94. The minimum Gasteiger partial charge on any atom is -0.339 e. The Bertz CT molecular complexity index is 721. The highest BCUT2D eigenvalue weighted by molar-refractivity contribution is 5.79. The van der Waals surface area contributed by atoms with Crippen LogP contribution in [0.3, 0.4) is 0 Å². The molecule has 1 fully saturated rings. The molecule has 0 spiro atoms. The Kier molecular flexibility index (Phi) is 4.74. The van der Waals surface area contributed by atoms with Crippen molar-refractivity contribution < 1.29 is 9.18 Å². The van der Waals surface area contributed by atoms with E-state index in [2.05, 4.69) is 14.9 Å². The average Bonchev–Trinajstić information content (AvgIpc) is 2.54. The summed E-state index contributed by atoms with van der Waals surface area (Å²) in [5, 5.41) is 0. The first-order chi connectivity index (χ1) is 11.5. The van der Waals surface area contributed by atoms with E-state index in [-0.39, 0.29) is 18.1 Å². The maximum absolute atomic E-state index is 13.2. The maximum atomic E-state index is 13.2. The molecule has 0 unspecified atom stereocenters. The van der Waals surface area contributed by atoms with Gasteiger partial charge in [-0.2, -0.15) is 0 Å². The van der Waals surface area contributed by atoms with Gasteiger partial charge in [-0.25, -0.2) is 14.4 Å². The van der Waals surface area contributed by atoms with Crippen LogP contribution in [0.15, 0.2) is 30.3 Å². The largest absolute Gasteiger partial charge is 0.339 e. The van der Waals surface area contributed by atoms with Crippen molar-refractivity contribution in [2.45, 2.75) is 20.3 Å². The van der Waals surface area contributed by atoms with E-state index < -0.39 is 0 Å². The minimum atomic E-state index is -0.308. The van der Waals surface area contributed by atoms with Gasteiger partial charge in [0.2, 0.25) is 11.9 Å². The van der Waals surface area contributed by atoms with Crippen molar-refractivity contribution in [3.05, 3.63) is 53.1 Å². The van der Waals surface area contributed by atoms with Crippen LogP contribution in [-0.4, -0.2) is 47.0 Å². The summed E-state index contributed by atoms with van der Waals surface area (Å²) < 4.78 is 13.2. The standard InChI is InChI=1S/C18H21FN4O/c1-13-10-14(2)21-18(20-13)23-8-6-22(7-9-23)17(24)12-15-4-3-5-16(19)11-15/h3-5,10-11H,6-9,12H2,1-2H3. The molecule has 0 saturated carbocycles. The Morgan fingerprint density at radius 1 is 1.08 bits per heavy atom. The molecule has 1 aliphatic rings. The first-order valence-electron chi connectivity index (χ1n) is 8.11. The second kappa shape index (κ2) is 6.95. The van der Waals surface area contributed by atoms with Gasteiger partial charge < -0.3 is 9.80 Å². The van der Waals surface area contributed by atoms with Crippen LogP contribution in [-0.2, 0) is 11.2 Å². The van der Waals surface area contributed by atoms with Crippen LogP contribution >= 0.6 is 0 Å². The van der Waals surface area contributed by atoms with Crippen molar-refractivity contribution in [2.75, 3.05) is 31.1 Å². The van der Waals surface area contributed by atoms with E-state index in [1.807, 2.05) is 24.8 Å². The number of piperazine rings is 1. The number of aromatic nitrogens is 2. The van der Waals surface area contributed by atoms with Gasteiger partial charge in [-0.05, 0) is 37.6 Å². The number of carbonyl (C=O) groups excluding carboxylic acids is 1. The molecule has 1 aliphatic heterocycles. The summed E-state index contributed by atoms with van der Waals surface area (Å²) in [4.78, 5) is 25.3. The van der Waals surface area contributed by atoms with E-state index >= 15 is 0 Å². The van der Waals surface area contributed by atoms with Gasteiger partial charge >= 0.3 is 0 Å².